The molecular weight excluding hydrogens is 290 g/mol. The molecule has 1 fully saturated rings. The second-order valence-electron chi connectivity index (χ2n) is 5.24. The van der Waals surface area contributed by atoms with E-state index in [9.17, 15) is 9.59 Å². The zero-order valence-corrected chi connectivity index (χ0v) is 12.9. The Balaban J connectivity index is 1.94. The second-order valence-corrected chi connectivity index (χ2v) is 5.51. The predicted molar refractivity (Wildman–Crippen MR) is 83.6 cm³/mol. The van der Waals surface area contributed by atoms with Gasteiger partial charge in [0, 0.05) is 31.9 Å². The van der Waals surface area contributed by atoms with Crippen LogP contribution in [-0.2, 0) is 16.0 Å². The number of hydrogen-bond acceptors (Lipinski definition) is 3. The number of piperazine rings is 1. The topological polar surface area (TPSA) is 52.6 Å². The average molecular weight is 310 g/mol. The Morgan fingerprint density at radius 1 is 1.24 bits per heavy atom. The second kappa shape index (κ2) is 7.43. The SMILES string of the molecule is CN1CCN(C(=O)Cc2cccc(NC(=O)CCl)c2)CC1. The van der Waals surface area contributed by atoms with Gasteiger partial charge in [-0.25, -0.2) is 0 Å². The Labute approximate surface area is 129 Å². The monoisotopic (exact) mass is 309 g/mol. The van der Waals surface area contributed by atoms with E-state index < -0.39 is 0 Å². The van der Waals surface area contributed by atoms with Gasteiger partial charge in [-0.1, -0.05) is 12.1 Å². The first-order chi connectivity index (χ1) is 10.1. The summed E-state index contributed by atoms with van der Waals surface area (Å²) >= 11 is 5.46. The molecule has 114 valence electrons. The smallest absolute Gasteiger partial charge is 0.239 e. The van der Waals surface area contributed by atoms with E-state index >= 15 is 0 Å². The number of likely N-dealkylation sites (N-methyl/N-ethyl adjacent to an activating group) is 1. The summed E-state index contributed by atoms with van der Waals surface area (Å²) in [5.41, 5.74) is 1.57. The van der Waals surface area contributed by atoms with Gasteiger partial charge in [0.25, 0.3) is 0 Å². The summed E-state index contributed by atoms with van der Waals surface area (Å²) in [6, 6.07) is 7.33. The number of benzene rings is 1. The lowest BCUT2D eigenvalue weighted by Crippen LogP contribution is -2.47. The van der Waals surface area contributed by atoms with Crippen LogP contribution in [0.1, 0.15) is 5.56 Å². The Kier molecular flexibility index (Phi) is 5.59. The number of carbonyl (C=O) groups is 2. The zero-order valence-electron chi connectivity index (χ0n) is 12.1. The van der Waals surface area contributed by atoms with Crippen LogP contribution in [-0.4, -0.2) is 60.7 Å². The van der Waals surface area contributed by atoms with E-state index in [0.29, 0.717) is 12.1 Å². The number of rotatable bonds is 4. The normalized spacial score (nSPS) is 15.8. The molecule has 0 radical (unpaired) electrons. The van der Waals surface area contributed by atoms with Crippen molar-refractivity contribution >= 4 is 29.1 Å². The van der Waals surface area contributed by atoms with E-state index in [1.54, 1.807) is 6.07 Å². The fraction of sp³-hybridized carbons (Fsp3) is 0.467. The summed E-state index contributed by atoms with van der Waals surface area (Å²) in [6.45, 7) is 3.38. The van der Waals surface area contributed by atoms with Crippen molar-refractivity contribution in [1.29, 1.82) is 0 Å². The molecule has 1 aliphatic rings. The first-order valence-electron chi connectivity index (χ1n) is 6.99. The highest BCUT2D eigenvalue weighted by Crippen LogP contribution is 2.13. The minimum atomic E-state index is -0.251. The fourth-order valence-corrected chi connectivity index (χ4v) is 2.36. The maximum absolute atomic E-state index is 12.3. The molecule has 0 atom stereocenters. The third-order valence-electron chi connectivity index (χ3n) is 3.54. The Morgan fingerprint density at radius 2 is 1.95 bits per heavy atom. The van der Waals surface area contributed by atoms with Gasteiger partial charge < -0.3 is 15.1 Å². The first kappa shape index (κ1) is 15.8. The summed E-state index contributed by atoms with van der Waals surface area (Å²) in [6.07, 6.45) is 0.355. The lowest BCUT2D eigenvalue weighted by Gasteiger charge is -2.32. The molecule has 0 spiro atoms. The molecule has 0 aliphatic carbocycles. The van der Waals surface area contributed by atoms with Gasteiger partial charge in [0.15, 0.2) is 0 Å². The van der Waals surface area contributed by atoms with Crippen LogP contribution < -0.4 is 5.32 Å². The summed E-state index contributed by atoms with van der Waals surface area (Å²) in [7, 11) is 2.06. The quantitative estimate of drug-likeness (QED) is 0.850. The third kappa shape index (κ3) is 4.72. The van der Waals surface area contributed by atoms with Gasteiger partial charge in [0.05, 0.1) is 6.42 Å². The van der Waals surface area contributed by atoms with E-state index in [4.69, 9.17) is 11.6 Å². The Hall–Kier alpha value is -1.59. The van der Waals surface area contributed by atoms with Crippen LogP contribution in [0.25, 0.3) is 0 Å². The van der Waals surface area contributed by atoms with Crippen molar-refractivity contribution in [1.82, 2.24) is 9.80 Å². The fourth-order valence-electron chi connectivity index (χ4n) is 2.30. The van der Waals surface area contributed by atoms with Crippen molar-refractivity contribution in [2.24, 2.45) is 0 Å². The van der Waals surface area contributed by atoms with Gasteiger partial charge in [-0.05, 0) is 24.7 Å². The Morgan fingerprint density at radius 3 is 2.62 bits per heavy atom. The molecule has 1 saturated heterocycles. The minimum absolute atomic E-state index is 0.0789. The van der Waals surface area contributed by atoms with E-state index in [2.05, 4.69) is 17.3 Å². The minimum Gasteiger partial charge on any atom is -0.340 e. The number of nitrogens with one attached hydrogen (secondary N) is 1. The molecule has 1 aliphatic heterocycles. The number of nitrogens with zero attached hydrogens (tertiary/aromatic N) is 2. The molecule has 1 aromatic carbocycles. The van der Waals surface area contributed by atoms with Crippen LogP contribution in [0, 0.1) is 0 Å². The Bertz CT molecular complexity index is 513. The van der Waals surface area contributed by atoms with Gasteiger partial charge in [0.2, 0.25) is 11.8 Å². The molecule has 1 aromatic rings. The summed E-state index contributed by atoms with van der Waals surface area (Å²) in [5.74, 6) is -0.201. The lowest BCUT2D eigenvalue weighted by molar-refractivity contribution is -0.132. The highest BCUT2D eigenvalue weighted by atomic mass is 35.5. The largest absolute Gasteiger partial charge is 0.340 e. The van der Waals surface area contributed by atoms with Crippen molar-refractivity contribution in [3.63, 3.8) is 0 Å². The van der Waals surface area contributed by atoms with E-state index in [-0.39, 0.29) is 17.7 Å². The maximum atomic E-state index is 12.3. The third-order valence-corrected chi connectivity index (χ3v) is 3.79. The molecule has 2 amide bonds. The van der Waals surface area contributed by atoms with Crippen LogP contribution in [0.2, 0.25) is 0 Å². The van der Waals surface area contributed by atoms with E-state index in [1.807, 2.05) is 23.1 Å². The number of carbonyl (C=O) groups excluding carboxylic acids is 2. The molecular formula is C15H20ClN3O2. The molecule has 0 bridgehead atoms. The molecule has 5 nitrogen and oxygen atoms in total. The van der Waals surface area contributed by atoms with Crippen molar-refractivity contribution in [3.05, 3.63) is 29.8 Å². The first-order valence-corrected chi connectivity index (χ1v) is 7.53. The van der Waals surface area contributed by atoms with Gasteiger partial charge >= 0.3 is 0 Å². The average Bonchev–Trinajstić information content (AvgIpc) is 2.48. The van der Waals surface area contributed by atoms with Crippen LogP contribution in [0.3, 0.4) is 0 Å². The number of amides is 2. The number of alkyl halides is 1. The highest BCUT2D eigenvalue weighted by Gasteiger charge is 2.19. The van der Waals surface area contributed by atoms with E-state index in [1.165, 1.54) is 0 Å². The van der Waals surface area contributed by atoms with Gasteiger partial charge in [-0.15, -0.1) is 11.6 Å². The molecule has 0 aromatic heterocycles. The van der Waals surface area contributed by atoms with Gasteiger partial charge in [0.1, 0.15) is 5.88 Å². The van der Waals surface area contributed by atoms with Gasteiger partial charge in [-0.2, -0.15) is 0 Å². The molecule has 1 N–H and O–H groups in total. The molecule has 1 heterocycles. The highest BCUT2D eigenvalue weighted by molar-refractivity contribution is 6.29. The van der Waals surface area contributed by atoms with Crippen molar-refractivity contribution in [2.75, 3.05) is 44.4 Å². The maximum Gasteiger partial charge on any atom is 0.239 e. The molecule has 6 heteroatoms. The summed E-state index contributed by atoms with van der Waals surface area (Å²) < 4.78 is 0. The predicted octanol–water partition coefficient (Wildman–Crippen LogP) is 1.18. The number of hydrogen-bond donors (Lipinski definition) is 1. The number of halogens is 1. The molecule has 2 rings (SSSR count). The van der Waals surface area contributed by atoms with E-state index in [0.717, 1.165) is 31.7 Å². The molecule has 0 saturated carbocycles. The van der Waals surface area contributed by atoms with Crippen molar-refractivity contribution in [3.8, 4) is 0 Å². The molecule has 21 heavy (non-hydrogen) atoms. The molecule has 0 unspecified atom stereocenters. The number of anilines is 1. The van der Waals surface area contributed by atoms with Crippen LogP contribution >= 0.6 is 11.6 Å². The van der Waals surface area contributed by atoms with Gasteiger partial charge in [-0.3, -0.25) is 9.59 Å². The summed E-state index contributed by atoms with van der Waals surface area (Å²) in [4.78, 5) is 27.6. The zero-order chi connectivity index (χ0) is 15.2. The summed E-state index contributed by atoms with van der Waals surface area (Å²) in [5, 5.41) is 2.69. The van der Waals surface area contributed by atoms with Crippen LogP contribution in [0.4, 0.5) is 5.69 Å². The van der Waals surface area contributed by atoms with Crippen LogP contribution in [0.5, 0.6) is 0 Å². The standard InChI is InChI=1S/C15H20ClN3O2/c1-18-5-7-19(8-6-18)15(21)10-12-3-2-4-13(9-12)17-14(20)11-16/h2-4,9H,5-8,10-11H2,1H3,(H,17,20). The van der Waals surface area contributed by atoms with Crippen LogP contribution in [0.15, 0.2) is 24.3 Å². The van der Waals surface area contributed by atoms with Crippen molar-refractivity contribution < 1.29 is 9.59 Å². The lowest BCUT2D eigenvalue weighted by atomic mass is 10.1. The van der Waals surface area contributed by atoms with Crippen molar-refractivity contribution in [2.45, 2.75) is 6.42 Å².